The van der Waals surface area contributed by atoms with Crippen LogP contribution in [0.5, 0.6) is 0 Å². The molecule has 0 amide bonds. The normalized spacial score (nSPS) is 12.5. The summed E-state index contributed by atoms with van der Waals surface area (Å²) in [6.07, 6.45) is 0. The van der Waals surface area contributed by atoms with Gasteiger partial charge in [0.1, 0.15) is 0 Å². The smallest absolute Gasteiger partial charge is 0.0922 e. The molecule has 0 spiro atoms. The van der Waals surface area contributed by atoms with E-state index in [2.05, 4.69) is 6.58 Å². The first kappa shape index (κ1) is 7.86. The fraction of sp³-hybridized carbons (Fsp3) is 0.200. The van der Waals surface area contributed by atoms with Crippen LogP contribution in [-0.2, 0) is 0 Å². The minimum Gasteiger partial charge on any atom is -0.512 e. The largest absolute Gasteiger partial charge is 0.512 e. The van der Waals surface area contributed by atoms with Crippen LogP contribution in [0.1, 0.15) is 18.4 Å². The van der Waals surface area contributed by atoms with Crippen LogP contribution in [0, 0.1) is 0 Å². The van der Waals surface area contributed by atoms with Crippen molar-refractivity contribution in [3.8, 4) is 0 Å². The third-order valence-electron chi connectivity index (χ3n) is 1.80. The maximum absolute atomic E-state index is 9.08. The van der Waals surface area contributed by atoms with Crippen molar-refractivity contribution in [1.82, 2.24) is 0 Å². The van der Waals surface area contributed by atoms with Gasteiger partial charge in [-0.1, -0.05) is 43.8 Å². The second-order valence-electron chi connectivity index (χ2n) is 2.62. The maximum Gasteiger partial charge on any atom is 0.0922 e. The Labute approximate surface area is 67.0 Å². The van der Waals surface area contributed by atoms with Gasteiger partial charge in [0.2, 0.25) is 0 Å². The Morgan fingerprint density at radius 1 is 1.36 bits per heavy atom. The van der Waals surface area contributed by atoms with E-state index in [1.165, 1.54) is 0 Å². The van der Waals surface area contributed by atoms with Gasteiger partial charge in [0.05, 0.1) is 5.76 Å². The van der Waals surface area contributed by atoms with E-state index in [1.807, 2.05) is 37.3 Å². The molecule has 0 bridgehead atoms. The number of aliphatic hydroxyl groups excluding tert-OH is 1. The maximum atomic E-state index is 9.08. The van der Waals surface area contributed by atoms with Crippen LogP contribution in [0.15, 0.2) is 42.7 Å². The fourth-order valence-corrected chi connectivity index (χ4v) is 0.934. The molecule has 1 heteroatoms. The van der Waals surface area contributed by atoms with Gasteiger partial charge in [-0.05, 0) is 5.56 Å². The van der Waals surface area contributed by atoms with Crippen molar-refractivity contribution in [3.05, 3.63) is 48.2 Å². The Bertz CT molecular complexity index is 238. The molecule has 1 rings (SSSR count). The molecule has 1 aromatic carbocycles. The molecule has 1 N–H and O–H groups in total. The molecule has 0 radical (unpaired) electrons. The summed E-state index contributed by atoms with van der Waals surface area (Å²) < 4.78 is 0. The molecule has 0 unspecified atom stereocenters. The zero-order valence-corrected chi connectivity index (χ0v) is 6.62. The molecule has 1 aromatic rings. The number of aliphatic hydroxyl groups is 1. The minimum atomic E-state index is 0.0381. The fourth-order valence-electron chi connectivity index (χ4n) is 0.934. The summed E-state index contributed by atoms with van der Waals surface area (Å²) in [5, 5.41) is 9.08. The molecule has 11 heavy (non-hydrogen) atoms. The lowest BCUT2D eigenvalue weighted by Gasteiger charge is -2.08. The minimum absolute atomic E-state index is 0.0381. The first-order valence-electron chi connectivity index (χ1n) is 3.64. The molecule has 0 aliphatic carbocycles. The number of allylic oxidation sites excluding steroid dienone is 1. The van der Waals surface area contributed by atoms with E-state index in [0.717, 1.165) is 5.56 Å². The molecular formula is C10H12O. The van der Waals surface area contributed by atoms with Crippen LogP contribution in [-0.4, -0.2) is 5.11 Å². The third-order valence-corrected chi connectivity index (χ3v) is 1.80. The van der Waals surface area contributed by atoms with Gasteiger partial charge in [-0.3, -0.25) is 0 Å². The first-order chi connectivity index (χ1) is 5.22. The first-order valence-corrected chi connectivity index (χ1v) is 3.64. The van der Waals surface area contributed by atoms with Crippen LogP contribution in [0.3, 0.4) is 0 Å². The summed E-state index contributed by atoms with van der Waals surface area (Å²) in [6, 6.07) is 9.82. The van der Waals surface area contributed by atoms with Crippen molar-refractivity contribution in [2.75, 3.05) is 0 Å². The van der Waals surface area contributed by atoms with E-state index in [-0.39, 0.29) is 11.7 Å². The predicted molar refractivity (Wildman–Crippen MR) is 46.6 cm³/mol. The highest BCUT2D eigenvalue weighted by molar-refractivity contribution is 5.23. The predicted octanol–water partition coefficient (Wildman–Crippen LogP) is 2.86. The lowest BCUT2D eigenvalue weighted by Crippen LogP contribution is -1.94. The number of hydrogen-bond donors (Lipinski definition) is 1. The Balaban J connectivity index is 2.85. The van der Waals surface area contributed by atoms with Gasteiger partial charge in [-0.15, -0.1) is 0 Å². The standard InChI is InChI=1S/C10H12O/c1-8(9(2)11)10-6-4-3-5-7-10/h3-8,11H,2H2,1H3/t8-/m1/s1. The van der Waals surface area contributed by atoms with Crippen molar-refractivity contribution in [1.29, 1.82) is 0 Å². The molecule has 0 aliphatic heterocycles. The molecule has 0 fully saturated rings. The van der Waals surface area contributed by atoms with Gasteiger partial charge in [0.15, 0.2) is 0 Å². The molecule has 0 saturated carbocycles. The Morgan fingerprint density at radius 3 is 2.36 bits per heavy atom. The molecular weight excluding hydrogens is 136 g/mol. The Hall–Kier alpha value is -1.24. The molecule has 0 aromatic heterocycles. The van der Waals surface area contributed by atoms with Crippen LogP contribution in [0.4, 0.5) is 0 Å². The molecule has 58 valence electrons. The highest BCUT2D eigenvalue weighted by atomic mass is 16.3. The lowest BCUT2D eigenvalue weighted by molar-refractivity contribution is 0.378. The van der Waals surface area contributed by atoms with Crippen molar-refractivity contribution in [3.63, 3.8) is 0 Å². The number of benzene rings is 1. The van der Waals surface area contributed by atoms with E-state index in [0.29, 0.717) is 0 Å². The highest BCUT2D eigenvalue weighted by Crippen LogP contribution is 2.19. The average molecular weight is 148 g/mol. The quantitative estimate of drug-likeness (QED) is 0.639. The van der Waals surface area contributed by atoms with E-state index in [1.54, 1.807) is 0 Å². The van der Waals surface area contributed by atoms with E-state index >= 15 is 0 Å². The summed E-state index contributed by atoms with van der Waals surface area (Å²) in [5.41, 5.74) is 1.10. The van der Waals surface area contributed by atoms with E-state index < -0.39 is 0 Å². The molecule has 1 nitrogen and oxygen atoms in total. The van der Waals surface area contributed by atoms with Gasteiger partial charge >= 0.3 is 0 Å². The molecule has 0 aliphatic rings. The zero-order valence-electron chi connectivity index (χ0n) is 6.62. The van der Waals surface area contributed by atoms with E-state index in [9.17, 15) is 0 Å². The van der Waals surface area contributed by atoms with Gasteiger partial charge in [0.25, 0.3) is 0 Å². The Kier molecular flexibility index (Phi) is 2.32. The van der Waals surface area contributed by atoms with Crippen molar-refractivity contribution in [2.24, 2.45) is 0 Å². The van der Waals surface area contributed by atoms with Gasteiger partial charge < -0.3 is 5.11 Å². The lowest BCUT2D eigenvalue weighted by atomic mass is 10.0. The third kappa shape index (κ3) is 1.84. The average Bonchev–Trinajstić information content (AvgIpc) is 2.05. The van der Waals surface area contributed by atoms with E-state index in [4.69, 9.17) is 5.11 Å². The van der Waals surface area contributed by atoms with Crippen LogP contribution < -0.4 is 0 Å². The zero-order chi connectivity index (χ0) is 8.27. The van der Waals surface area contributed by atoms with Gasteiger partial charge in [0, 0.05) is 5.92 Å². The number of hydrogen-bond acceptors (Lipinski definition) is 1. The second kappa shape index (κ2) is 3.24. The SMILES string of the molecule is C=C(O)[C@@H](C)c1ccccc1. The topological polar surface area (TPSA) is 20.2 Å². The molecule has 0 heterocycles. The number of rotatable bonds is 2. The van der Waals surface area contributed by atoms with Gasteiger partial charge in [-0.2, -0.15) is 0 Å². The summed E-state index contributed by atoms with van der Waals surface area (Å²) in [4.78, 5) is 0. The van der Waals surface area contributed by atoms with Gasteiger partial charge in [-0.25, -0.2) is 0 Å². The Morgan fingerprint density at radius 2 is 1.91 bits per heavy atom. The molecule has 1 atom stereocenters. The van der Waals surface area contributed by atoms with Crippen LogP contribution >= 0.6 is 0 Å². The molecule has 0 saturated heterocycles. The van der Waals surface area contributed by atoms with Crippen molar-refractivity contribution >= 4 is 0 Å². The van der Waals surface area contributed by atoms with Crippen LogP contribution in [0.2, 0.25) is 0 Å². The highest BCUT2D eigenvalue weighted by Gasteiger charge is 2.05. The summed E-state index contributed by atoms with van der Waals surface area (Å²) in [5.74, 6) is 0.257. The van der Waals surface area contributed by atoms with Crippen molar-refractivity contribution in [2.45, 2.75) is 12.8 Å². The monoisotopic (exact) mass is 148 g/mol. The van der Waals surface area contributed by atoms with Crippen molar-refractivity contribution < 1.29 is 5.11 Å². The summed E-state index contributed by atoms with van der Waals surface area (Å²) >= 11 is 0. The second-order valence-corrected chi connectivity index (χ2v) is 2.62. The summed E-state index contributed by atoms with van der Waals surface area (Å²) in [7, 11) is 0. The summed E-state index contributed by atoms with van der Waals surface area (Å²) in [6.45, 7) is 5.42. The van der Waals surface area contributed by atoms with Crippen LogP contribution in [0.25, 0.3) is 0 Å².